The molecule has 0 radical (unpaired) electrons. The van der Waals surface area contributed by atoms with E-state index >= 15 is 0 Å². The standard InChI is InChI=1S/C16H20N2O3/c19-14-7-9-16(17-14)8-4-10-18(12-16)15(20)21-11-13-5-2-1-3-6-13/h1-3,5-6H,4,7-12H2,(H,17,19). The van der Waals surface area contributed by atoms with Gasteiger partial charge in [-0.25, -0.2) is 4.79 Å². The van der Waals surface area contributed by atoms with Crippen molar-refractivity contribution in [2.45, 2.75) is 37.8 Å². The van der Waals surface area contributed by atoms with E-state index < -0.39 is 0 Å². The van der Waals surface area contributed by atoms with Gasteiger partial charge in [-0.2, -0.15) is 0 Å². The zero-order valence-corrected chi connectivity index (χ0v) is 12.0. The molecule has 0 aromatic heterocycles. The lowest BCUT2D eigenvalue weighted by atomic mass is 9.88. The molecule has 0 bridgehead atoms. The molecular weight excluding hydrogens is 268 g/mol. The van der Waals surface area contributed by atoms with Crippen LogP contribution in [0.5, 0.6) is 0 Å². The second kappa shape index (κ2) is 5.76. The van der Waals surface area contributed by atoms with Gasteiger partial charge in [0.2, 0.25) is 5.91 Å². The second-order valence-electron chi connectivity index (χ2n) is 5.89. The van der Waals surface area contributed by atoms with Gasteiger partial charge in [0.05, 0.1) is 5.54 Å². The van der Waals surface area contributed by atoms with Crippen LogP contribution in [0.4, 0.5) is 4.79 Å². The number of carbonyl (C=O) groups excluding carboxylic acids is 2. The Morgan fingerprint density at radius 1 is 1.29 bits per heavy atom. The summed E-state index contributed by atoms with van der Waals surface area (Å²) >= 11 is 0. The molecule has 2 amide bonds. The number of benzene rings is 1. The van der Waals surface area contributed by atoms with Gasteiger partial charge in [0.1, 0.15) is 6.61 Å². The van der Waals surface area contributed by atoms with Crippen LogP contribution in [0.1, 0.15) is 31.2 Å². The number of hydrogen-bond acceptors (Lipinski definition) is 3. The number of carbonyl (C=O) groups is 2. The number of nitrogens with one attached hydrogen (secondary N) is 1. The van der Waals surface area contributed by atoms with E-state index in [1.54, 1.807) is 4.90 Å². The van der Waals surface area contributed by atoms with Crippen LogP contribution in [-0.4, -0.2) is 35.5 Å². The quantitative estimate of drug-likeness (QED) is 0.906. The number of hydrogen-bond donors (Lipinski definition) is 1. The first kappa shape index (κ1) is 13.9. The van der Waals surface area contributed by atoms with E-state index in [0.717, 1.165) is 24.8 Å². The smallest absolute Gasteiger partial charge is 0.410 e. The molecule has 21 heavy (non-hydrogen) atoms. The van der Waals surface area contributed by atoms with Gasteiger partial charge in [0.25, 0.3) is 0 Å². The average molecular weight is 288 g/mol. The highest BCUT2D eigenvalue weighted by molar-refractivity contribution is 5.79. The number of piperidine rings is 1. The van der Waals surface area contributed by atoms with Gasteiger partial charge in [0.15, 0.2) is 0 Å². The van der Waals surface area contributed by atoms with Crippen molar-refractivity contribution in [1.82, 2.24) is 10.2 Å². The number of nitrogens with zero attached hydrogens (tertiary/aromatic N) is 1. The molecule has 0 aliphatic carbocycles. The summed E-state index contributed by atoms with van der Waals surface area (Å²) in [6, 6.07) is 9.65. The van der Waals surface area contributed by atoms with Crippen molar-refractivity contribution in [3.05, 3.63) is 35.9 Å². The van der Waals surface area contributed by atoms with Crippen molar-refractivity contribution < 1.29 is 14.3 Å². The Labute approximate surface area is 124 Å². The largest absolute Gasteiger partial charge is 0.445 e. The monoisotopic (exact) mass is 288 g/mol. The number of ether oxygens (including phenoxy) is 1. The molecule has 5 nitrogen and oxygen atoms in total. The summed E-state index contributed by atoms with van der Waals surface area (Å²) in [7, 11) is 0. The van der Waals surface area contributed by atoms with E-state index in [-0.39, 0.29) is 24.1 Å². The molecule has 3 rings (SSSR count). The van der Waals surface area contributed by atoms with E-state index in [1.165, 1.54) is 0 Å². The van der Waals surface area contributed by atoms with E-state index in [0.29, 0.717) is 19.5 Å². The Morgan fingerprint density at radius 3 is 2.81 bits per heavy atom. The predicted molar refractivity (Wildman–Crippen MR) is 77.5 cm³/mol. The molecule has 112 valence electrons. The number of likely N-dealkylation sites (tertiary alicyclic amines) is 1. The molecule has 2 saturated heterocycles. The molecule has 1 N–H and O–H groups in total. The van der Waals surface area contributed by atoms with E-state index in [9.17, 15) is 9.59 Å². The third-order valence-electron chi connectivity index (χ3n) is 4.28. The van der Waals surface area contributed by atoms with Crippen molar-refractivity contribution in [1.29, 1.82) is 0 Å². The van der Waals surface area contributed by atoms with Gasteiger partial charge in [-0.3, -0.25) is 4.79 Å². The lowest BCUT2D eigenvalue weighted by molar-refractivity contribution is -0.120. The maximum atomic E-state index is 12.2. The minimum absolute atomic E-state index is 0.0921. The fourth-order valence-electron chi connectivity index (χ4n) is 3.18. The SMILES string of the molecule is O=C1CCC2(CCCN(C(=O)OCc3ccccc3)C2)N1. The third-order valence-corrected chi connectivity index (χ3v) is 4.28. The summed E-state index contributed by atoms with van der Waals surface area (Å²) < 4.78 is 5.37. The molecule has 1 atom stereocenters. The van der Waals surface area contributed by atoms with Crippen LogP contribution in [0.3, 0.4) is 0 Å². The van der Waals surface area contributed by atoms with Gasteiger partial charge in [0, 0.05) is 19.5 Å². The fourth-order valence-corrected chi connectivity index (χ4v) is 3.18. The zero-order chi connectivity index (χ0) is 14.7. The second-order valence-corrected chi connectivity index (χ2v) is 5.89. The van der Waals surface area contributed by atoms with E-state index in [4.69, 9.17) is 4.74 Å². The minimum Gasteiger partial charge on any atom is -0.445 e. The summed E-state index contributed by atoms with van der Waals surface area (Å²) in [6.45, 7) is 1.55. The van der Waals surface area contributed by atoms with E-state index in [1.807, 2.05) is 30.3 Å². The van der Waals surface area contributed by atoms with E-state index in [2.05, 4.69) is 5.32 Å². The first-order chi connectivity index (χ1) is 10.2. The molecule has 1 unspecified atom stereocenters. The fraction of sp³-hybridized carbons (Fsp3) is 0.500. The molecule has 0 saturated carbocycles. The lowest BCUT2D eigenvalue weighted by Crippen LogP contribution is -2.56. The molecule has 2 aliphatic rings. The first-order valence-electron chi connectivity index (χ1n) is 7.44. The predicted octanol–water partition coefficient (Wildman–Crippen LogP) is 2.07. The Balaban J connectivity index is 1.56. The number of amides is 2. The van der Waals surface area contributed by atoms with Crippen molar-refractivity contribution in [3.63, 3.8) is 0 Å². The zero-order valence-electron chi connectivity index (χ0n) is 12.0. The number of rotatable bonds is 2. The lowest BCUT2D eigenvalue weighted by Gasteiger charge is -2.39. The van der Waals surface area contributed by atoms with Gasteiger partial charge < -0.3 is 15.0 Å². The van der Waals surface area contributed by atoms with Crippen LogP contribution in [0.2, 0.25) is 0 Å². The molecular formula is C16H20N2O3. The summed E-state index contributed by atoms with van der Waals surface area (Å²) in [5.74, 6) is 0.0921. The first-order valence-corrected chi connectivity index (χ1v) is 7.44. The third kappa shape index (κ3) is 3.17. The highest BCUT2D eigenvalue weighted by Gasteiger charge is 2.42. The van der Waals surface area contributed by atoms with Crippen LogP contribution in [-0.2, 0) is 16.1 Å². The molecule has 1 aromatic carbocycles. The van der Waals surface area contributed by atoms with Crippen molar-refractivity contribution in [2.24, 2.45) is 0 Å². The molecule has 2 aliphatic heterocycles. The van der Waals surface area contributed by atoms with Crippen LogP contribution in [0, 0.1) is 0 Å². The van der Waals surface area contributed by atoms with Crippen LogP contribution >= 0.6 is 0 Å². The maximum Gasteiger partial charge on any atom is 0.410 e. The maximum absolute atomic E-state index is 12.2. The summed E-state index contributed by atoms with van der Waals surface area (Å²) in [5, 5.41) is 3.04. The molecule has 2 fully saturated rings. The van der Waals surface area contributed by atoms with Crippen LogP contribution in [0.25, 0.3) is 0 Å². The van der Waals surface area contributed by atoms with Gasteiger partial charge >= 0.3 is 6.09 Å². The summed E-state index contributed by atoms with van der Waals surface area (Å²) in [6.07, 6.45) is 2.93. The Morgan fingerprint density at radius 2 is 2.10 bits per heavy atom. The van der Waals surface area contributed by atoms with Gasteiger partial charge in [-0.1, -0.05) is 30.3 Å². The Hall–Kier alpha value is -2.04. The van der Waals surface area contributed by atoms with Crippen molar-refractivity contribution in [3.8, 4) is 0 Å². The molecule has 1 aromatic rings. The Kier molecular flexibility index (Phi) is 3.82. The Bertz CT molecular complexity index is 532. The van der Waals surface area contributed by atoms with Gasteiger partial charge in [-0.05, 0) is 24.8 Å². The minimum atomic E-state index is -0.293. The average Bonchev–Trinajstić information content (AvgIpc) is 2.86. The molecule has 5 heteroatoms. The highest BCUT2D eigenvalue weighted by Crippen LogP contribution is 2.30. The highest BCUT2D eigenvalue weighted by atomic mass is 16.6. The summed E-state index contributed by atoms with van der Waals surface area (Å²) in [5.41, 5.74) is 0.757. The normalized spacial score (nSPS) is 25.0. The van der Waals surface area contributed by atoms with Crippen molar-refractivity contribution in [2.75, 3.05) is 13.1 Å². The van der Waals surface area contributed by atoms with Crippen LogP contribution < -0.4 is 5.32 Å². The molecule has 1 spiro atoms. The van der Waals surface area contributed by atoms with Gasteiger partial charge in [-0.15, -0.1) is 0 Å². The van der Waals surface area contributed by atoms with Crippen molar-refractivity contribution >= 4 is 12.0 Å². The summed E-state index contributed by atoms with van der Waals surface area (Å²) in [4.78, 5) is 25.4. The topological polar surface area (TPSA) is 58.6 Å². The molecule has 2 heterocycles. The van der Waals surface area contributed by atoms with Crippen LogP contribution in [0.15, 0.2) is 30.3 Å².